The zero-order valence-corrected chi connectivity index (χ0v) is 12.6. The van der Waals surface area contributed by atoms with Crippen LogP contribution in [0.1, 0.15) is 15.9 Å². The number of nitrogens with zero attached hydrogens (tertiary/aromatic N) is 1. The van der Waals surface area contributed by atoms with Crippen LogP contribution >= 0.6 is 27.5 Å². The molecule has 2 aromatic carbocycles. The first-order valence-corrected chi connectivity index (χ1v) is 7.17. The Morgan fingerprint density at radius 2 is 1.95 bits per heavy atom. The highest BCUT2D eigenvalue weighted by atomic mass is 79.9. The van der Waals surface area contributed by atoms with Gasteiger partial charge in [0.25, 0.3) is 0 Å². The van der Waals surface area contributed by atoms with E-state index in [1.165, 1.54) is 0 Å². The van der Waals surface area contributed by atoms with Crippen molar-refractivity contribution in [1.29, 1.82) is 0 Å². The number of rotatable bonds is 2. The monoisotopic (exact) mass is 345 g/mol. The maximum atomic E-state index is 12.5. The molecule has 98 valence electrons. The third-order valence-corrected chi connectivity index (χ3v) is 3.86. The molecule has 0 N–H and O–H groups in total. The lowest BCUT2D eigenvalue weighted by molar-refractivity contribution is 0.103. The Morgan fingerprint density at radius 3 is 2.80 bits per heavy atom. The Balaban J connectivity index is 2.10. The molecule has 4 heteroatoms. The van der Waals surface area contributed by atoms with Crippen LogP contribution in [0.25, 0.3) is 10.9 Å². The molecule has 1 aromatic heterocycles. The van der Waals surface area contributed by atoms with Gasteiger partial charge in [0.2, 0.25) is 0 Å². The fourth-order valence-corrected chi connectivity index (χ4v) is 2.61. The highest BCUT2D eigenvalue weighted by Crippen LogP contribution is 2.24. The molecule has 3 rings (SSSR count). The fraction of sp³-hybridized carbons (Fsp3) is 0. The van der Waals surface area contributed by atoms with Crippen molar-refractivity contribution in [2.75, 3.05) is 0 Å². The third kappa shape index (κ3) is 2.47. The number of pyridine rings is 1. The molecule has 0 unspecified atom stereocenters. The van der Waals surface area contributed by atoms with Crippen molar-refractivity contribution >= 4 is 44.2 Å². The summed E-state index contributed by atoms with van der Waals surface area (Å²) in [5.41, 5.74) is 1.96. The van der Waals surface area contributed by atoms with Crippen LogP contribution in [-0.4, -0.2) is 10.8 Å². The minimum Gasteiger partial charge on any atom is -0.289 e. The second-order valence-electron chi connectivity index (χ2n) is 4.36. The number of benzene rings is 2. The summed E-state index contributed by atoms with van der Waals surface area (Å²) in [6, 6.07) is 14.5. The van der Waals surface area contributed by atoms with Crippen molar-refractivity contribution in [1.82, 2.24) is 4.98 Å². The van der Waals surface area contributed by atoms with Crippen molar-refractivity contribution in [3.63, 3.8) is 0 Å². The lowest BCUT2D eigenvalue weighted by atomic mass is 10.0. The van der Waals surface area contributed by atoms with Crippen LogP contribution in [0, 0.1) is 0 Å². The van der Waals surface area contributed by atoms with E-state index in [2.05, 4.69) is 20.9 Å². The summed E-state index contributed by atoms with van der Waals surface area (Å²) in [6.45, 7) is 0. The van der Waals surface area contributed by atoms with Crippen LogP contribution in [0.3, 0.4) is 0 Å². The van der Waals surface area contributed by atoms with Crippen LogP contribution in [-0.2, 0) is 0 Å². The molecule has 0 spiro atoms. The van der Waals surface area contributed by atoms with E-state index in [1.807, 2.05) is 30.3 Å². The third-order valence-electron chi connectivity index (χ3n) is 3.04. The number of carbonyl (C=O) groups excluding carboxylic acids is 1. The van der Waals surface area contributed by atoms with Crippen molar-refractivity contribution in [3.05, 3.63) is 75.4 Å². The van der Waals surface area contributed by atoms with Crippen LogP contribution in [0.15, 0.2) is 59.2 Å². The standard InChI is InChI=1S/C16H9BrClNO/c17-12-4-5-14(18)13(9-12)16(20)11-3-6-15-10(8-11)2-1-7-19-15/h1-9H. The maximum absolute atomic E-state index is 12.5. The number of fused-ring (bicyclic) bond motifs is 1. The normalized spacial score (nSPS) is 10.7. The summed E-state index contributed by atoms with van der Waals surface area (Å²) < 4.78 is 0.827. The second-order valence-corrected chi connectivity index (χ2v) is 5.69. The van der Waals surface area contributed by atoms with Crippen LogP contribution in [0.2, 0.25) is 5.02 Å². The van der Waals surface area contributed by atoms with Gasteiger partial charge in [-0.25, -0.2) is 0 Å². The molecule has 0 saturated heterocycles. The van der Waals surface area contributed by atoms with Crippen LogP contribution < -0.4 is 0 Å². The summed E-state index contributed by atoms with van der Waals surface area (Å²) in [5, 5.41) is 1.38. The minimum absolute atomic E-state index is 0.0953. The van der Waals surface area contributed by atoms with Gasteiger partial charge in [-0.15, -0.1) is 0 Å². The van der Waals surface area contributed by atoms with Crippen molar-refractivity contribution in [2.24, 2.45) is 0 Å². The molecule has 0 aliphatic rings. The molecule has 0 radical (unpaired) electrons. The first kappa shape index (κ1) is 13.3. The summed E-state index contributed by atoms with van der Waals surface area (Å²) in [6.07, 6.45) is 1.73. The van der Waals surface area contributed by atoms with E-state index in [9.17, 15) is 4.79 Å². The molecular weight excluding hydrogens is 338 g/mol. The van der Waals surface area contributed by atoms with Crippen molar-refractivity contribution < 1.29 is 4.79 Å². The van der Waals surface area contributed by atoms with E-state index >= 15 is 0 Å². The van der Waals surface area contributed by atoms with Gasteiger partial charge in [0.05, 0.1) is 10.5 Å². The molecule has 0 fully saturated rings. The Kier molecular flexibility index (Phi) is 3.55. The lowest BCUT2D eigenvalue weighted by Gasteiger charge is -2.05. The highest BCUT2D eigenvalue weighted by Gasteiger charge is 2.13. The zero-order chi connectivity index (χ0) is 14.1. The first-order chi connectivity index (χ1) is 9.65. The Labute approximate surface area is 129 Å². The van der Waals surface area contributed by atoms with Gasteiger partial charge in [-0.3, -0.25) is 9.78 Å². The van der Waals surface area contributed by atoms with Gasteiger partial charge in [-0.2, -0.15) is 0 Å². The average Bonchev–Trinajstić information content (AvgIpc) is 2.48. The predicted molar refractivity (Wildman–Crippen MR) is 84.3 cm³/mol. The summed E-state index contributed by atoms with van der Waals surface area (Å²) >= 11 is 9.46. The molecule has 1 heterocycles. The minimum atomic E-state index is -0.0953. The molecule has 2 nitrogen and oxygen atoms in total. The molecule has 3 aromatic rings. The van der Waals surface area contributed by atoms with Gasteiger partial charge in [0.1, 0.15) is 0 Å². The molecule has 0 amide bonds. The number of hydrogen-bond donors (Lipinski definition) is 0. The molecule has 0 aliphatic carbocycles. The van der Waals surface area contributed by atoms with Gasteiger partial charge >= 0.3 is 0 Å². The molecule has 0 saturated carbocycles. The highest BCUT2D eigenvalue weighted by molar-refractivity contribution is 9.10. The summed E-state index contributed by atoms with van der Waals surface area (Å²) in [7, 11) is 0. The number of aromatic nitrogens is 1. The molecular formula is C16H9BrClNO. The Hall–Kier alpha value is -1.71. The van der Waals surface area contributed by atoms with Crippen molar-refractivity contribution in [2.45, 2.75) is 0 Å². The van der Waals surface area contributed by atoms with E-state index in [0.717, 1.165) is 15.4 Å². The van der Waals surface area contributed by atoms with Gasteiger partial charge in [0.15, 0.2) is 5.78 Å². The molecule has 0 bridgehead atoms. The second kappa shape index (κ2) is 5.35. The van der Waals surface area contributed by atoms with Crippen LogP contribution in [0.4, 0.5) is 0 Å². The predicted octanol–water partition coefficient (Wildman–Crippen LogP) is 4.88. The van der Waals surface area contributed by atoms with E-state index in [1.54, 1.807) is 24.4 Å². The maximum Gasteiger partial charge on any atom is 0.194 e. The number of hydrogen-bond acceptors (Lipinski definition) is 2. The lowest BCUT2D eigenvalue weighted by Crippen LogP contribution is -2.02. The number of halogens is 2. The van der Waals surface area contributed by atoms with E-state index in [-0.39, 0.29) is 5.78 Å². The zero-order valence-electron chi connectivity index (χ0n) is 10.3. The summed E-state index contributed by atoms with van der Waals surface area (Å²) in [4.78, 5) is 16.8. The quantitative estimate of drug-likeness (QED) is 0.619. The number of ketones is 1. The van der Waals surface area contributed by atoms with Gasteiger partial charge in [-0.1, -0.05) is 33.6 Å². The van der Waals surface area contributed by atoms with Crippen molar-refractivity contribution in [3.8, 4) is 0 Å². The van der Waals surface area contributed by atoms with E-state index in [4.69, 9.17) is 11.6 Å². The molecule has 0 aliphatic heterocycles. The first-order valence-electron chi connectivity index (χ1n) is 6.00. The fourth-order valence-electron chi connectivity index (χ4n) is 2.04. The van der Waals surface area contributed by atoms with Gasteiger partial charge in [-0.05, 0) is 42.5 Å². The molecule has 0 atom stereocenters. The summed E-state index contributed by atoms with van der Waals surface area (Å²) in [5.74, 6) is -0.0953. The van der Waals surface area contributed by atoms with Crippen LogP contribution in [0.5, 0.6) is 0 Å². The SMILES string of the molecule is O=C(c1ccc2ncccc2c1)c1cc(Br)ccc1Cl. The van der Waals surface area contributed by atoms with Gasteiger partial charge in [0, 0.05) is 27.2 Å². The largest absolute Gasteiger partial charge is 0.289 e. The topological polar surface area (TPSA) is 30.0 Å². The Bertz CT molecular complexity index is 816. The number of carbonyl (C=O) groups is 1. The molecule has 20 heavy (non-hydrogen) atoms. The van der Waals surface area contributed by atoms with Gasteiger partial charge < -0.3 is 0 Å². The average molecular weight is 347 g/mol. The smallest absolute Gasteiger partial charge is 0.194 e. The Morgan fingerprint density at radius 1 is 1.10 bits per heavy atom. The van der Waals surface area contributed by atoms with E-state index < -0.39 is 0 Å². The van der Waals surface area contributed by atoms with E-state index in [0.29, 0.717) is 16.1 Å².